The molecule has 1 atom stereocenters. The van der Waals surface area contributed by atoms with E-state index in [4.69, 9.17) is 4.98 Å². The molecule has 0 spiro atoms. The Labute approximate surface area is 125 Å². The first kappa shape index (κ1) is 12.5. The molecule has 0 saturated heterocycles. The summed E-state index contributed by atoms with van der Waals surface area (Å²) in [4.78, 5) is 10.3. The molecule has 3 aromatic heterocycles. The molecule has 0 aromatic carbocycles. The largest absolute Gasteiger partial charge is 0.261 e. The van der Waals surface area contributed by atoms with Gasteiger partial charge in [-0.25, -0.2) is 9.97 Å². The van der Waals surface area contributed by atoms with Gasteiger partial charge in [-0.1, -0.05) is 0 Å². The Hall–Kier alpha value is -2.26. The zero-order valence-corrected chi connectivity index (χ0v) is 12.4. The van der Waals surface area contributed by atoms with Crippen molar-refractivity contribution in [1.82, 2.24) is 20.2 Å². The Bertz CT molecular complexity index is 872. The first-order valence-electron chi connectivity index (χ1n) is 6.91. The third-order valence-electron chi connectivity index (χ3n) is 4.13. The van der Waals surface area contributed by atoms with E-state index in [1.807, 2.05) is 13.0 Å². The first-order chi connectivity index (χ1) is 10.2. The van der Waals surface area contributed by atoms with Gasteiger partial charge in [0, 0.05) is 22.0 Å². The van der Waals surface area contributed by atoms with Crippen LogP contribution in [0.5, 0.6) is 0 Å². The van der Waals surface area contributed by atoms with E-state index in [9.17, 15) is 5.26 Å². The van der Waals surface area contributed by atoms with Crippen LogP contribution in [0, 0.1) is 11.3 Å². The molecule has 104 valence electrons. The predicted molar refractivity (Wildman–Crippen MR) is 80.9 cm³/mol. The van der Waals surface area contributed by atoms with Crippen molar-refractivity contribution in [2.24, 2.45) is 0 Å². The average Bonchev–Trinajstić information content (AvgIpc) is 3.14. The minimum atomic E-state index is -0.453. The summed E-state index contributed by atoms with van der Waals surface area (Å²) >= 11 is 1.69. The van der Waals surface area contributed by atoms with Gasteiger partial charge >= 0.3 is 0 Å². The lowest BCUT2D eigenvalue weighted by Gasteiger charge is -2.24. The van der Waals surface area contributed by atoms with Gasteiger partial charge in [-0.05, 0) is 32.3 Å². The number of thiazole rings is 1. The van der Waals surface area contributed by atoms with Crippen molar-refractivity contribution in [3.05, 3.63) is 29.0 Å². The van der Waals surface area contributed by atoms with Crippen LogP contribution in [0.1, 0.15) is 30.3 Å². The maximum Gasteiger partial charge on any atom is 0.155 e. The van der Waals surface area contributed by atoms with Crippen LogP contribution in [-0.4, -0.2) is 20.2 Å². The Morgan fingerprint density at radius 1 is 1.48 bits per heavy atom. The third-order valence-corrected chi connectivity index (χ3v) is 5.28. The molecule has 0 radical (unpaired) electrons. The Balaban J connectivity index is 1.92. The lowest BCUT2D eigenvalue weighted by atomic mass is 9.78. The monoisotopic (exact) mass is 295 g/mol. The second-order valence-corrected chi connectivity index (χ2v) is 6.66. The quantitative estimate of drug-likeness (QED) is 0.747. The fourth-order valence-corrected chi connectivity index (χ4v) is 4.21. The van der Waals surface area contributed by atoms with E-state index in [-0.39, 0.29) is 0 Å². The first-order valence-corrected chi connectivity index (χ1v) is 7.73. The number of aromatic amines is 1. The molecule has 1 aliphatic rings. The van der Waals surface area contributed by atoms with Gasteiger partial charge in [0.1, 0.15) is 5.01 Å². The Morgan fingerprint density at radius 2 is 2.38 bits per heavy atom. The lowest BCUT2D eigenvalue weighted by molar-refractivity contribution is 0.484. The van der Waals surface area contributed by atoms with Gasteiger partial charge in [0.15, 0.2) is 5.65 Å². The van der Waals surface area contributed by atoms with Crippen LogP contribution >= 0.6 is 11.3 Å². The molecule has 0 bridgehead atoms. The van der Waals surface area contributed by atoms with E-state index in [1.165, 1.54) is 4.88 Å². The van der Waals surface area contributed by atoms with E-state index >= 15 is 0 Å². The number of hydrogen-bond donors (Lipinski definition) is 1. The van der Waals surface area contributed by atoms with Gasteiger partial charge < -0.3 is 0 Å². The van der Waals surface area contributed by atoms with E-state index in [2.05, 4.69) is 21.3 Å². The van der Waals surface area contributed by atoms with Gasteiger partial charge in [0.2, 0.25) is 0 Å². The number of H-pyrrole nitrogens is 1. The standard InChI is InChI=1S/C15H13N5S/c1-15(8-16)5-2-3-11-12(15)19-14(21-11)9-4-6-17-13-10(9)7-18-20-13/h4,6-7H,2-3,5H2,1H3,(H,17,18,20). The molecule has 0 aliphatic heterocycles. The van der Waals surface area contributed by atoms with Crippen LogP contribution in [0.25, 0.3) is 21.6 Å². The number of hydrogen-bond acceptors (Lipinski definition) is 5. The molecule has 1 unspecified atom stereocenters. The van der Waals surface area contributed by atoms with Crippen LogP contribution in [0.3, 0.4) is 0 Å². The summed E-state index contributed by atoms with van der Waals surface area (Å²) in [5.41, 5.74) is 2.31. The van der Waals surface area contributed by atoms with E-state index in [0.29, 0.717) is 0 Å². The van der Waals surface area contributed by atoms with Gasteiger partial charge in [-0.3, -0.25) is 5.10 Å². The normalized spacial score (nSPS) is 21.1. The maximum absolute atomic E-state index is 9.51. The predicted octanol–water partition coefficient (Wildman–Crippen LogP) is 3.20. The number of aromatic nitrogens is 4. The molecule has 5 nitrogen and oxygen atoms in total. The molecule has 4 rings (SSSR count). The minimum Gasteiger partial charge on any atom is -0.261 e. The number of nitriles is 1. The van der Waals surface area contributed by atoms with Gasteiger partial charge in [0.25, 0.3) is 0 Å². The fraction of sp³-hybridized carbons (Fsp3) is 0.333. The summed E-state index contributed by atoms with van der Waals surface area (Å²) in [6.07, 6.45) is 6.50. The van der Waals surface area contributed by atoms with Crippen molar-refractivity contribution < 1.29 is 0 Å². The smallest absolute Gasteiger partial charge is 0.155 e. The van der Waals surface area contributed by atoms with Gasteiger partial charge in [-0.15, -0.1) is 11.3 Å². The highest BCUT2D eigenvalue weighted by molar-refractivity contribution is 7.15. The summed E-state index contributed by atoms with van der Waals surface area (Å²) in [7, 11) is 0. The Kier molecular flexibility index (Phi) is 2.59. The lowest BCUT2D eigenvalue weighted by Crippen LogP contribution is -2.25. The van der Waals surface area contributed by atoms with Crippen LogP contribution in [0.15, 0.2) is 18.5 Å². The van der Waals surface area contributed by atoms with Crippen molar-refractivity contribution in [2.75, 3.05) is 0 Å². The highest BCUT2D eigenvalue weighted by atomic mass is 32.1. The topological polar surface area (TPSA) is 78.2 Å². The molecule has 1 aliphatic carbocycles. The van der Waals surface area contributed by atoms with Crippen molar-refractivity contribution in [3.8, 4) is 16.6 Å². The summed E-state index contributed by atoms with van der Waals surface area (Å²) in [5.74, 6) is 0. The average molecular weight is 295 g/mol. The molecule has 3 aromatic rings. The molecule has 0 amide bonds. The SMILES string of the molecule is CC1(C#N)CCCc2sc(-c3ccnc4[nH]ncc34)nc21. The van der Waals surface area contributed by atoms with E-state index < -0.39 is 5.41 Å². The van der Waals surface area contributed by atoms with Crippen molar-refractivity contribution in [2.45, 2.75) is 31.6 Å². The van der Waals surface area contributed by atoms with Crippen LogP contribution in [-0.2, 0) is 11.8 Å². The number of fused-ring (bicyclic) bond motifs is 2. The second-order valence-electron chi connectivity index (χ2n) is 5.58. The summed E-state index contributed by atoms with van der Waals surface area (Å²) in [6, 6.07) is 4.41. The van der Waals surface area contributed by atoms with E-state index in [0.717, 1.165) is 46.6 Å². The van der Waals surface area contributed by atoms with Crippen molar-refractivity contribution in [3.63, 3.8) is 0 Å². The van der Waals surface area contributed by atoms with Crippen molar-refractivity contribution >= 4 is 22.4 Å². The maximum atomic E-state index is 9.51. The molecule has 1 N–H and O–H groups in total. The molecule has 3 heterocycles. The van der Waals surface area contributed by atoms with Crippen molar-refractivity contribution in [1.29, 1.82) is 5.26 Å². The number of aryl methyl sites for hydroxylation is 1. The number of nitrogens with zero attached hydrogens (tertiary/aromatic N) is 4. The van der Waals surface area contributed by atoms with Crippen LogP contribution in [0.4, 0.5) is 0 Å². The molecule has 0 saturated carbocycles. The molecular formula is C15H13N5S. The van der Waals surface area contributed by atoms with E-state index in [1.54, 1.807) is 23.7 Å². The van der Waals surface area contributed by atoms with Gasteiger partial charge in [0.05, 0.1) is 23.4 Å². The summed E-state index contributed by atoms with van der Waals surface area (Å²) in [5, 5.41) is 18.4. The highest BCUT2D eigenvalue weighted by Crippen LogP contribution is 2.42. The van der Waals surface area contributed by atoms with Crippen LogP contribution < -0.4 is 0 Å². The molecule has 21 heavy (non-hydrogen) atoms. The third kappa shape index (κ3) is 1.78. The zero-order chi connectivity index (χ0) is 14.4. The minimum absolute atomic E-state index is 0.453. The number of rotatable bonds is 1. The highest BCUT2D eigenvalue weighted by Gasteiger charge is 2.35. The number of pyridine rings is 1. The molecule has 0 fully saturated rings. The van der Waals surface area contributed by atoms with Gasteiger partial charge in [-0.2, -0.15) is 10.4 Å². The zero-order valence-electron chi connectivity index (χ0n) is 11.6. The number of nitrogens with one attached hydrogen (secondary N) is 1. The second kappa shape index (κ2) is 4.37. The molecular weight excluding hydrogens is 282 g/mol. The Morgan fingerprint density at radius 3 is 3.24 bits per heavy atom. The molecule has 6 heteroatoms. The fourth-order valence-electron chi connectivity index (χ4n) is 2.93. The summed E-state index contributed by atoms with van der Waals surface area (Å²) in [6.45, 7) is 1.99. The summed E-state index contributed by atoms with van der Waals surface area (Å²) < 4.78 is 0. The van der Waals surface area contributed by atoms with Crippen LogP contribution in [0.2, 0.25) is 0 Å².